The lowest BCUT2D eigenvalue weighted by Crippen LogP contribution is -2.52. The number of anilines is 1. The van der Waals surface area contributed by atoms with E-state index in [9.17, 15) is 18.0 Å². The highest BCUT2D eigenvalue weighted by atomic mass is 35.5. The first-order valence-electron chi connectivity index (χ1n) is 15.2. The minimum absolute atomic E-state index is 0.0222. The fraction of sp³-hybridized carbons (Fsp3) is 0.278. The second-order valence-corrected chi connectivity index (χ2v) is 13.7. The smallest absolute Gasteiger partial charge is 0.264 e. The molecule has 0 spiro atoms. The Bertz CT molecular complexity index is 1710. The van der Waals surface area contributed by atoms with Gasteiger partial charge in [-0.1, -0.05) is 86.5 Å². The van der Waals surface area contributed by atoms with E-state index in [0.29, 0.717) is 35.1 Å². The van der Waals surface area contributed by atoms with E-state index in [4.69, 9.17) is 16.3 Å². The number of ether oxygens (including phenoxy) is 1. The molecule has 0 saturated heterocycles. The molecule has 10 heteroatoms. The highest BCUT2D eigenvalue weighted by molar-refractivity contribution is 7.92. The van der Waals surface area contributed by atoms with Gasteiger partial charge >= 0.3 is 0 Å². The minimum Gasteiger partial charge on any atom is -0.457 e. The standard InChI is InChI=1S/C36H40ClN3O5S/c1-5-34(36(42)38-23-26(2)3)39(24-28-11-9-10-14-33(28)37)35(41)25-40(46(43,44)32-21-15-27(4)16-22-32)29-17-19-31(20-18-29)45-30-12-7-6-8-13-30/h6-22,26,34H,5,23-25H2,1-4H3,(H,38,42)/t34-/m1/s1. The molecule has 0 heterocycles. The Morgan fingerprint density at radius 1 is 0.848 bits per heavy atom. The number of halogens is 1. The van der Waals surface area contributed by atoms with Crippen LogP contribution in [0.1, 0.15) is 38.3 Å². The summed E-state index contributed by atoms with van der Waals surface area (Å²) in [5, 5.41) is 3.37. The molecule has 8 nitrogen and oxygen atoms in total. The summed E-state index contributed by atoms with van der Waals surface area (Å²) in [7, 11) is -4.21. The molecule has 1 atom stereocenters. The van der Waals surface area contributed by atoms with Crippen molar-refractivity contribution in [2.45, 2.75) is 51.6 Å². The lowest BCUT2D eigenvalue weighted by Gasteiger charge is -2.33. The first-order valence-corrected chi connectivity index (χ1v) is 17.0. The molecular formula is C36H40ClN3O5S. The van der Waals surface area contributed by atoms with E-state index in [1.807, 2.05) is 58.0 Å². The molecule has 0 aromatic heterocycles. The summed E-state index contributed by atoms with van der Waals surface area (Å²) in [5.41, 5.74) is 1.81. The van der Waals surface area contributed by atoms with Crippen LogP contribution < -0.4 is 14.4 Å². The lowest BCUT2D eigenvalue weighted by atomic mass is 10.1. The van der Waals surface area contributed by atoms with Gasteiger partial charge in [0.2, 0.25) is 11.8 Å². The van der Waals surface area contributed by atoms with Crippen molar-refractivity contribution in [2.75, 3.05) is 17.4 Å². The van der Waals surface area contributed by atoms with Crippen LogP contribution in [0.3, 0.4) is 0 Å². The number of aryl methyl sites for hydroxylation is 1. The third kappa shape index (κ3) is 8.89. The quantitative estimate of drug-likeness (QED) is 0.154. The van der Waals surface area contributed by atoms with Crippen molar-refractivity contribution in [1.29, 1.82) is 0 Å². The van der Waals surface area contributed by atoms with E-state index in [1.54, 1.807) is 60.7 Å². The molecule has 4 rings (SSSR count). The van der Waals surface area contributed by atoms with Crippen molar-refractivity contribution in [1.82, 2.24) is 10.2 Å². The molecule has 0 radical (unpaired) electrons. The van der Waals surface area contributed by atoms with Gasteiger partial charge in [-0.25, -0.2) is 8.42 Å². The van der Waals surface area contributed by atoms with E-state index < -0.39 is 28.5 Å². The molecule has 0 aliphatic rings. The molecule has 0 unspecified atom stereocenters. The van der Waals surface area contributed by atoms with E-state index in [2.05, 4.69) is 5.32 Å². The predicted octanol–water partition coefficient (Wildman–Crippen LogP) is 7.22. The molecule has 46 heavy (non-hydrogen) atoms. The maximum absolute atomic E-state index is 14.3. The molecule has 0 fully saturated rings. The maximum atomic E-state index is 14.3. The Morgan fingerprint density at radius 3 is 2.07 bits per heavy atom. The summed E-state index contributed by atoms with van der Waals surface area (Å²) in [6.45, 7) is 7.57. The number of hydrogen-bond acceptors (Lipinski definition) is 5. The van der Waals surface area contributed by atoms with Gasteiger partial charge in [-0.3, -0.25) is 13.9 Å². The summed E-state index contributed by atoms with van der Waals surface area (Å²) in [5.74, 6) is 0.477. The van der Waals surface area contributed by atoms with Crippen molar-refractivity contribution in [3.05, 3.63) is 119 Å². The number of benzene rings is 4. The van der Waals surface area contributed by atoms with Gasteiger partial charge in [-0.2, -0.15) is 0 Å². The predicted molar refractivity (Wildman–Crippen MR) is 183 cm³/mol. The summed E-state index contributed by atoms with van der Waals surface area (Å²) < 4.78 is 35.3. The number of carbonyl (C=O) groups is 2. The summed E-state index contributed by atoms with van der Waals surface area (Å²) in [4.78, 5) is 29.2. The van der Waals surface area contributed by atoms with Crippen LogP contribution in [0.4, 0.5) is 5.69 Å². The third-order valence-electron chi connectivity index (χ3n) is 7.36. The Labute approximate surface area is 277 Å². The number of nitrogens with zero attached hydrogens (tertiary/aromatic N) is 2. The second kappa shape index (κ2) is 15.8. The Hall–Kier alpha value is -4.34. The van der Waals surface area contributed by atoms with E-state index in [0.717, 1.165) is 9.87 Å². The number of sulfonamides is 1. The van der Waals surface area contributed by atoms with Crippen molar-refractivity contribution in [3.63, 3.8) is 0 Å². The van der Waals surface area contributed by atoms with Crippen molar-refractivity contribution in [3.8, 4) is 11.5 Å². The number of amides is 2. The fourth-order valence-corrected chi connectivity index (χ4v) is 6.43. The van der Waals surface area contributed by atoms with Gasteiger partial charge in [-0.15, -0.1) is 0 Å². The van der Waals surface area contributed by atoms with Gasteiger partial charge in [0.1, 0.15) is 24.1 Å². The number of hydrogen-bond donors (Lipinski definition) is 1. The average Bonchev–Trinajstić information content (AvgIpc) is 3.04. The van der Waals surface area contributed by atoms with Crippen LogP contribution in [0.5, 0.6) is 11.5 Å². The first-order chi connectivity index (χ1) is 22.0. The largest absolute Gasteiger partial charge is 0.457 e. The monoisotopic (exact) mass is 661 g/mol. The maximum Gasteiger partial charge on any atom is 0.264 e. The van der Waals surface area contributed by atoms with E-state index >= 15 is 0 Å². The molecule has 2 amide bonds. The molecule has 0 bridgehead atoms. The van der Waals surface area contributed by atoms with Crippen molar-refractivity contribution >= 4 is 39.1 Å². The van der Waals surface area contributed by atoms with Crippen molar-refractivity contribution in [2.24, 2.45) is 5.92 Å². The molecule has 0 saturated carbocycles. The topological polar surface area (TPSA) is 96.0 Å². The molecule has 4 aromatic carbocycles. The normalized spacial score (nSPS) is 12.0. The van der Waals surface area contributed by atoms with Crippen LogP contribution in [0.25, 0.3) is 0 Å². The van der Waals surface area contributed by atoms with Gasteiger partial charge < -0.3 is 15.0 Å². The Kier molecular flexibility index (Phi) is 11.8. The highest BCUT2D eigenvalue weighted by Crippen LogP contribution is 2.29. The second-order valence-electron chi connectivity index (χ2n) is 11.4. The zero-order valence-corrected chi connectivity index (χ0v) is 28.1. The number of carbonyl (C=O) groups excluding carboxylic acids is 2. The van der Waals surface area contributed by atoms with Gasteiger partial charge in [0, 0.05) is 18.1 Å². The van der Waals surface area contributed by atoms with E-state index in [1.165, 1.54) is 17.0 Å². The van der Waals surface area contributed by atoms with Gasteiger partial charge in [0.25, 0.3) is 10.0 Å². The van der Waals surface area contributed by atoms with Crippen LogP contribution in [0.15, 0.2) is 108 Å². The number of rotatable bonds is 14. The molecule has 242 valence electrons. The van der Waals surface area contributed by atoms with Gasteiger partial charge in [0.05, 0.1) is 10.6 Å². The van der Waals surface area contributed by atoms with Gasteiger partial charge in [0.15, 0.2) is 0 Å². The number of para-hydroxylation sites is 1. The van der Waals surface area contributed by atoms with Crippen LogP contribution in [0.2, 0.25) is 5.02 Å². The Balaban J connectivity index is 1.73. The average molecular weight is 662 g/mol. The summed E-state index contributed by atoms with van der Waals surface area (Å²) >= 11 is 6.49. The third-order valence-corrected chi connectivity index (χ3v) is 9.52. The van der Waals surface area contributed by atoms with Gasteiger partial charge in [-0.05, 0) is 79.4 Å². The first kappa shape index (κ1) is 34.5. The highest BCUT2D eigenvalue weighted by Gasteiger charge is 2.34. The fourth-order valence-electron chi connectivity index (χ4n) is 4.82. The number of nitrogens with one attached hydrogen (secondary N) is 1. The van der Waals surface area contributed by atoms with Crippen LogP contribution in [0, 0.1) is 12.8 Å². The minimum atomic E-state index is -4.21. The zero-order chi connectivity index (χ0) is 33.3. The SMILES string of the molecule is CC[C@H](C(=O)NCC(C)C)N(Cc1ccccc1Cl)C(=O)CN(c1ccc(Oc2ccccc2)cc1)S(=O)(=O)c1ccc(C)cc1. The van der Waals surface area contributed by atoms with Crippen LogP contribution in [-0.4, -0.2) is 44.3 Å². The molecular weight excluding hydrogens is 622 g/mol. The summed E-state index contributed by atoms with van der Waals surface area (Å²) in [6.07, 6.45) is 0.316. The molecule has 0 aliphatic heterocycles. The van der Waals surface area contributed by atoms with Crippen LogP contribution in [-0.2, 0) is 26.2 Å². The zero-order valence-electron chi connectivity index (χ0n) is 26.5. The molecule has 4 aromatic rings. The van der Waals surface area contributed by atoms with E-state index in [-0.39, 0.29) is 29.0 Å². The molecule has 1 N–H and O–H groups in total. The van der Waals surface area contributed by atoms with Crippen LogP contribution >= 0.6 is 11.6 Å². The lowest BCUT2D eigenvalue weighted by molar-refractivity contribution is -0.140. The molecule has 0 aliphatic carbocycles. The Morgan fingerprint density at radius 2 is 1.46 bits per heavy atom. The summed E-state index contributed by atoms with van der Waals surface area (Å²) in [6, 6.07) is 28.4. The van der Waals surface area contributed by atoms with Crippen molar-refractivity contribution < 1.29 is 22.7 Å².